The molecule has 0 unspecified atom stereocenters. The topological polar surface area (TPSA) is 109 Å². The Bertz CT molecular complexity index is 1540. The number of fused-ring (bicyclic) bond motifs is 1. The molecule has 2 aromatic carbocycles. The summed E-state index contributed by atoms with van der Waals surface area (Å²) >= 11 is 0. The minimum atomic E-state index is -4.88. The third kappa shape index (κ3) is 7.13. The summed E-state index contributed by atoms with van der Waals surface area (Å²) in [7, 11) is 6.66. The number of nitrogens with one attached hydrogen (secondary N) is 2. The molecular weight excluding hydrogens is 572 g/mol. The summed E-state index contributed by atoms with van der Waals surface area (Å²) in [6, 6.07) is 6.73. The second-order valence-electron chi connectivity index (χ2n) is 11.2. The van der Waals surface area contributed by atoms with E-state index in [9.17, 15) is 22.8 Å². The van der Waals surface area contributed by atoms with Gasteiger partial charge in [-0.3, -0.25) is 9.59 Å². The van der Waals surface area contributed by atoms with Crippen LogP contribution in [0.3, 0.4) is 0 Å². The van der Waals surface area contributed by atoms with E-state index in [0.29, 0.717) is 18.3 Å². The Morgan fingerprint density at radius 1 is 1.16 bits per heavy atom. The van der Waals surface area contributed by atoms with Gasteiger partial charge in [0.25, 0.3) is 11.8 Å². The van der Waals surface area contributed by atoms with Gasteiger partial charge in [0, 0.05) is 38.9 Å². The second-order valence-corrected chi connectivity index (χ2v) is 11.2. The first kappa shape index (κ1) is 31.5. The molecule has 3 aromatic rings. The van der Waals surface area contributed by atoms with Gasteiger partial charge < -0.3 is 29.9 Å². The number of hydrogen-bond acceptors (Lipinski definition) is 8. The number of carbonyl (C=O) groups excluding carboxylic acids is 2. The quantitative estimate of drug-likeness (QED) is 0.309. The Hall–Kier alpha value is -4.46. The summed E-state index contributed by atoms with van der Waals surface area (Å²) in [5.41, 5.74) is -1.17. The predicted molar refractivity (Wildman–Crippen MR) is 150 cm³/mol. The summed E-state index contributed by atoms with van der Waals surface area (Å²) in [5.74, 6) is -3.30. The summed E-state index contributed by atoms with van der Waals surface area (Å²) < 4.78 is 67.5. The molecule has 1 aliphatic rings. The highest BCUT2D eigenvalue weighted by atomic mass is 19.4. The standard InChI is InChI=1S/C29H32F4N6O4/c1-28(2,15-38(3)4)14-35-24(40)17-10-22(42-6)20(11-19(17)30)36-27-34-12-18(29(31,32)33)25(37-27)43-21-9-7-8-16-13-39(5)26(41)23(16)21/h7-12H,13-15H2,1-6H3,(H,35,40)(H,34,36,37). The first-order valence-electron chi connectivity index (χ1n) is 13.2. The number of ether oxygens (including phenoxy) is 2. The van der Waals surface area contributed by atoms with Crippen molar-refractivity contribution in [2.45, 2.75) is 26.6 Å². The fourth-order valence-corrected chi connectivity index (χ4v) is 4.80. The summed E-state index contributed by atoms with van der Waals surface area (Å²) in [6.45, 7) is 5.16. The molecule has 0 saturated carbocycles. The van der Waals surface area contributed by atoms with E-state index in [1.807, 2.05) is 32.8 Å². The van der Waals surface area contributed by atoms with Crippen molar-refractivity contribution in [3.8, 4) is 17.4 Å². The first-order valence-corrected chi connectivity index (χ1v) is 13.2. The van der Waals surface area contributed by atoms with E-state index in [4.69, 9.17) is 9.47 Å². The van der Waals surface area contributed by atoms with E-state index < -0.39 is 35.3 Å². The summed E-state index contributed by atoms with van der Waals surface area (Å²) in [5, 5.41) is 5.36. The van der Waals surface area contributed by atoms with Gasteiger partial charge >= 0.3 is 6.18 Å². The van der Waals surface area contributed by atoms with Gasteiger partial charge in [-0.2, -0.15) is 18.2 Å². The van der Waals surface area contributed by atoms with Crippen LogP contribution in [0, 0.1) is 11.2 Å². The van der Waals surface area contributed by atoms with Crippen molar-refractivity contribution < 1.29 is 36.6 Å². The minimum absolute atomic E-state index is 0.0135. The molecule has 10 nitrogen and oxygen atoms in total. The van der Waals surface area contributed by atoms with E-state index in [1.165, 1.54) is 24.1 Å². The highest BCUT2D eigenvalue weighted by Gasteiger charge is 2.37. The number of alkyl halides is 3. The van der Waals surface area contributed by atoms with Gasteiger partial charge in [-0.25, -0.2) is 9.37 Å². The van der Waals surface area contributed by atoms with E-state index in [1.54, 1.807) is 19.2 Å². The molecule has 0 saturated heterocycles. The molecular formula is C29H32F4N6O4. The van der Waals surface area contributed by atoms with Crippen molar-refractivity contribution in [2.75, 3.05) is 46.7 Å². The molecule has 2 amide bonds. The van der Waals surface area contributed by atoms with Crippen LogP contribution < -0.4 is 20.1 Å². The molecule has 0 bridgehead atoms. The van der Waals surface area contributed by atoms with Crippen molar-refractivity contribution in [3.05, 3.63) is 64.6 Å². The van der Waals surface area contributed by atoms with Gasteiger partial charge in [-0.1, -0.05) is 26.0 Å². The number of hydrogen-bond donors (Lipinski definition) is 2. The molecule has 0 atom stereocenters. The third-order valence-corrected chi connectivity index (χ3v) is 6.60. The second kappa shape index (κ2) is 12.0. The normalized spacial score (nSPS) is 13.3. The Morgan fingerprint density at radius 3 is 2.53 bits per heavy atom. The maximum atomic E-state index is 15.1. The number of halogens is 4. The van der Waals surface area contributed by atoms with Gasteiger partial charge in [0.15, 0.2) is 0 Å². The van der Waals surface area contributed by atoms with E-state index >= 15 is 4.39 Å². The van der Waals surface area contributed by atoms with Gasteiger partial charge in [0.2, 0.25) is 11.8 Å². The van der Waals surface area contributed by atoms with Crippen molar-refractivity contribution in [3.63, 3.8) is 0 Å². The molecule has 1 aliphatic heterocycles. The maximum absolute atomic E-state index is 15.1. The number of carbonyl (C=O) groups is 2. The van der Waals surface area contributed by atoms with E-state index in [0.717, 1.165) is 6.07 Å². The van der Waals surface area contributed by atoms with Gasteiger partial charge in [-0.15, -0.1) is 0 Å². The monoisotopic (exact) mass is 604 g/mol. The number of benzene rings is 2. The minimum Gasteiger partial charge on any atom is -0.495 e. The average Bonchev–Trinajstić information content (AvgIpc) is 3.20. The van der Waals surface area contributed by atoms with Crippen LogP contribution in [0.25, 0.3) is 0 Å². The Morgan fingerprint density at radius 2 is 1.88 bits per heavy atom. The van der Waals surface area contributed by atoms with Crippen molar-refractivity contribution in [1.82, 2.24) is 25.1 Å². The lowest BCUT2D eigenvalue weighted by Crippen LogP contribution is -2.40. The van der Waals surface area contributed by atoms with Crippen LogP contribution in [-0.4, -0.2) is 72.9 Å². The lowest BCUT2D eigenvalue weighted by molar-refractivity contribution is -0.139. The molecule has 0 spiro atoms. The lowest BCUT2D eigenvalue weighted by Gasteiger charge is -2.28. The van der Waals surface area contributed by atoms with Crippen molar-refractivity contribution in [2.24, 2.45) is 5.41 Å². The van der Waals surface area contributed by atoms with Crippen LogP contribution in [0.5, 0.6) is 17.4 Å². The number of aromatic nitrogens is 2. The first-order chi connectivity index (χ1) is 20.1. The van der Waals surface area contributed by atoms with Crippen LogP contribution in [0.1, 0.15) is 45.7 Å². The fourth-order valence-electron chi connectivity index (χ4n) is 4.80. The van der Waals surface area contributed by atoms with Crippen LogP contribution >= 0.6 is 0 Å². The highest BCUT2D eigenvalue weighted by Crippen LogP contribution is 2.40. The average molecular weight is 605 g/mol. The van der Waals surface area contributed by atoms with Crippen LogP contribution in [0.15, 0.2) is 36.5 Å². The van der Waals surface area contributed by atoms with Crippen LogP contribution in [0.2, 0.25) is 0 Å². The van der Waals surface area contributed by atoms with Gasteiger partial charge in [0.1, 0.15) is 22.9 Å². The molecule has 2 N–H and O–H groups in total. The van der Waals surface area contributed by atoms with E-state index in [-0.39, 0.29) is 52.8 Å². The van der Waals surface area contributed by atoms with Crippen LogP contribution in [0.4, 0.5) is 29.2 Å². The molecule has 0 aliphatic carbocycles. The third-order valence-electron chi connectivity index (χ3n) is 6.60. The molecule has 1 aromatic heterocycles. The van der Waals surface area contributed by atoms with Crippen LogP contribution in [-0.2, 0) is 12.7 Å². The summed E-state index contributed by atoms with van der Waals surface area (Å²) in [6.07, 6.45) is -4.37. The molecule has 14 heteroatoms. The number of amides is 2. The number of anilines is 2. The molecule has 0 fully saturated rings. The zero-order valence-corrected chi connectivity index (χ0v) is 24.5. The summed E-state index contributed by atoms with van der Waals surface area (Å²) in [4.78, 5) is 36.4. The van der Waals surface area contributed by atoms with Crippen molar-refractivity contribution in [1.29, 1.82) is 0 Å². The van der Waals surface area contributed by atoms with Gasteiger partial charge in [0.05, 0.1) is 23.9 Å². The molecule has 2 heterocycles. The molecule has 43 heavy (non-hydrogen) atoms. The SMILES string of the molecule is COc1cc(C(=O)NCC(C)(C)CN(C)C)c(F)cc1Nc1ncc(C(F)(F)F)c(Oc2cccc3c2C(=O)N(C)C3)n1. The molecule has 0 radical (unpaired) electrons. The zero-order valence-electron chi connectivity index (χ0n) is 24.5. The van der Waals surface area contributed by atoms with E-state index in [2.05, 4.69) is 20.6 Å². The highest BCUT2D eigenvalue weighted by molar-refractivity contribution is 6.01. The van der Waals surface area contributed by atoms with Crippen molar-refractivity contribution >= 4 is 23.5 Å². The Balaban J connectivity index is 1.62. The smallest absolute Gasteiger partial charge is 0.423 e. The Kier molecular flexibility index (Phi) is 8.81. The fraction of sp³-hybridized carbons (Fsp3) is 0.379. The largest absolute Gasteiger partial charge is 0.495 e. The van der Waals surface area contributed by atoms with Gasteiger partial charge in [-0.05, 0) is 37.2 Å². The Labute approximate surface area is 246 Å². The zero-order chi connectivity index (χ0) is 31.7. The molecule has 4 rings (SSSR count). The number of nitrogens with zero attached hydrogens (tertiary/aromatic N) is 4. The predicted octanol–water partition coefficient (Wildman–Crippen LogP) is 5.08. The number of rotatable bonds is 10. The maximum Gasteiger partial charge on any atom is 0.423 e. The number of methoxy groups -OCH3 is 1. The molecule has 230 valence electrons. The lowest BCUT2D eigenvalue weighted by atomic mass is 9.93.